The molecule has 4 aliphatic rings. The van der Waals surface area contributed by atoms with Crippen LogP contribution in [0.4, 0.5) is 0 Å². The highest BCUT2D eigenvalue weighted by atomic mass is 16.8. The van der Waals surface area contributed by atoms with E-state index in [2.05, 4.69) is 0 Å². The molecule has 0 aliphatic carbocycles. The third-order valence-electron chi connectivity index (χ3n) is 13.1. The molecule has 0 spiro atoms. The number of carbonyl (C=O) groups is 1. The Morgan fingerprint density at radius 2 is 1.06 bits per heavy atom. The second-order valence-electron chi connectivity index (χ2n) is 18.2. The molecule has 29 nitrogen and oxygen atoms in total. The van der Waals surface area contributed by atoms with Crippen molar-refractivity contribution in [2.24, 2.45) is 0 Å². The molecule has 8 rings (SSSR count). The molecule has 4 aliphatic heterocycles. The fourth-order valence-corrected chi connectivity index (χ4v) is 8.75. The van der Waals surface area contributed by atoms with Crippen molar-refractivity contribution in [3.63, 3.8) is 0 Å². The average Bonchev–Trinajstić information content (AvgIpc) is 3.43. The van der Waals surface area contributed by atoms with Crippen LogP contribution >= 0.6 is 0 Å². The van der Waals surface area contributed by atoms with Crippen LogP contribution < -0.4 is 14.9 Å². The summed E-state index contributed by atoms with van der Waals surface area (Å²) in [7, 11) is 0. The van der Waals surface area contributed by atoms with E-state index in [1.165, 1.54) is 30.3 Å². The number of phenols is 4. The highest BCUT2D eigenvalue weighted by molar-refractivity contribution is 5.89. The van der Waals surface area contributed by atoms with E-state index in [1.807, 2.05) is 0 Å². The van der Waals surface area contributed by atoms with E-state index in [0.29, 0.717) is 5.56 Å². The second kappa shape index (κ2) is 24.0. The Bertz CT molecular complexity index is 2750. The molecule has 0 bridgehead atoms. The fourth-order valence-electron chi connectivity index (χ4n) is 8.75. The number of benzene rings is 3. The molecule has 5 heterocycles. The summed E-state index contributed by atoms with van der Waals surface area (Å²) in [6.45, 7) is -3.65. The van der Waals surface area contributed by atoms with E-state index in [-0.39, 0.29) is 11.3 Å². The molecular weight excluding hydrogens is 1040 g/mol. The van der Waals surface area contributed by atoms with Gasteiger partial charge in [-0.05, 0) is 42.0 Å². The van der Waals surface area contributed by atoms with Gasteiger partial charge in [-0.2, -0.15) is 0 Å². The maximum atomic E-state index is 14.6. The number of phenolic OH excluding ortho intramolecular Hbond substituents is 4. The molecule has 0 saturated carbocycles. The Hall–Kier alpha value is -5.88. The quantitative estimate of drug-likeness (QED) is 0.0283. The van der Waals surface area contributed by atoms with Gasteiger partial charge in [-0.1, -0.05) is 12.1 Å². The summed E-state index contributed by atoms with van der Waals surface area (Å²) < 4.78 is 57.4. The van der Waals surface area contributed by atoms with Gasteiger partial charge in [0.1, 0.15) is 126 Å². The SMILES string of the molecule is O=C(/C=C/c1ccc(O)cc1)OCC1OC(OC2C(OC3C(Oc4c(-c5ccc(O)c(O)c5)oc5cc(OC6OC(CO)C(O)C(O)C6O)cc(O)c5c4=O)OC(CO)C(O)C3O)OC(CO)C(O)C2O)C(O)C(O)C1O. The van der Waals surface area contributed by atoms with Crippen molar-refractivity contribution in [1.82, 2.24) is 0 Å². The molecule has 20 atom stereocenters. The zero-order valence-corrected chi connectivity index (χ0v) is 39.7. The van der Waals surface area contributed by atoms with Crippen LogP contribution in [0.5, 0.6) is 34.5 Å². The molecule has 3 aromatic carbocycles. The minimum Gasteiger partial charge on any atom is -0.508 e. The molecular formula is C48H56O29. The summed E-state index contributed by atoms with van der Waals surface area (Å²) in [6, 6.07) is 10.5. The summed E-state index contributed by atoms with van der Waals surface area (Å²) in [5.74, 6) is -5.30. The lowest BCUT2D eigenvalue weighted by Crippen LogP contribution is -2.67. The van der Waals surface area contributed by atoms with Crippen molar-refractivity contribution in [3.05, 3.63) is 76.5 Å². The average molecular weight is 1100 g/mol. The highest BCUT2D eigenvalue weighted by Gasteiger charge is 2.55. The number of hydrogen-bond donors (Lipinski definition) is 17. The van der Waals surface area contributed by atoms with E-state index >= 15 is 0 Å². The molecule has 0 radical (unpaired) electrons. The van der Waals surface area contributed by atoms with Crippen LogP contribution in [0.15, 0.2) is 69.9 Å². The first-order valence-corrected chi connectivity index (χ1v) is 23.5. The molecule has 422 valence electrons. The fraction of sp³-hybridized carbons (Fsp3) is 0.500. The number of aromatic hydroxyl groups is 4. The van der Waals surface area contributed by atoms with Crippen LogP contribution in [0.3, 0.4) is 0 Å². The number of hydrogen-bond acceptors (Lipinski definition) is 29. The molecule has 17 N–H and O–H groups in total. The van der Waals surface area contributed by atoms with Crippen LogP contribution in [0.25, 0.3) is 28.4 Å². The van der Waals surface area contributed by atoms with E-state index in [4.69, 9.17) is 47.0 Å². The van der Waals surface area contributed by atoms with Crippen LogP contribution in [0.2, 0.25) is 0 Å². The Morgan fingerprint density at radius 1 is 0.532 bits per heavy atom. The topological polar surface area (TPSA) is 474 Å². The molecule has 20 unspecified atom stereocenters. The number of ether oxygens (including phenoxy) is 9. The zero-order valence-electron chi connectivity index (χ0n) is 39.7. The third kappa shape index (κ3) is 11.9. The number of fused-ring (bicyclic) bond motifs is 1. The lowest BCUT2D eigenvalue weighted by atomic mass is 9.96. The van der Waals surface area contributed by atoms with Crippen molar-refractivity contribution < 1.29 is 139 Å². The molecule has 77 heavy (non-hydrogen) atoms. The van der Waals surface area contributed by atoms with Crippen molar-refractivity contribution in [2.45, 2.75) is 123 Å². The van der Waals surface area contributed by atoms with E-state index in [0.717, 1.165) is 36.4 Å². The van der Waals surface area contributed by atoms with Gasteiger partial charge in [0.2, 0.25) is 23.8 Å². The predicted molar refractivity (Wildman–Crippen MR) is 248 cm³/mol. The number of esters is 1. The Kier molecular flexibility index (Phi) is 17.9. The summed E-state index contributed by atoms with van der Waals surface area (Å²) in [4.78, 5) is 27.2. The summed E-state index contributed by atoms with van der Waals surface area (Å²) in [5.41, 5.74) is -1.53. The molecule has 4 saturated heterocycles. The van der Waals surface area contributed by atoms with Crippen molar-refractivity contribution in [3.8, 4) is 45.8 Å². The minimum atomic E-state index is -2.24. The van der Waals surface area contributed by atoms with Crippen LogP contribution in [0, 0.1) is 0 Å². The number of carbonyl (C=O) groups excluding carboxylic acids is 1. The van der Waals surface area contributed by atoms with Gasteiger partial charge < -0.3 is 134 Å². The predicted octanol–water partition coefficient (Wildman–Crippen LogP) is -5.45. The summed E-state index contributed by atoms with van der Waals surface area (Å²) in [5, 5.41) is 180. The standard InChI is InChI=1S/C48H56O29/c49-12-24-30(57)35(62)39(66)45(71-24)69-19-10-22(55)29-23(11-19)70-41(17-4-7-20(53)21(54)9-17)42(34(29)61)75-47-44(38(65)32(59)25(13-50)72-47)77-48-43(37(64)31(58)26(14-51)73-48)76-46-40(67)36(63)33(60)27(74-46)15-68-28(56)8-3-16-1-5-18(52)6-2-16/h1-11,24-27,30-33,35-40,43-55,57-60,62-67H,12-15H2/b8-3+. The maximum Gasteiger partial charge on any atom is 0.330 e. The number of aliphatic hydroxyl groups is 13. The van der Waals surface area contributed by atoms with Crippen LogP contribution in [0.1, 0.15) is 5.56 Å². The van der Waals surface area contributed by atoms with Crippen molar-refractivity contribution in [1.29, 1.82) is 0 Å². The molecule has 0 amide bonds. The largest absolute Gasteiger partial charge is 0.508 e. The van der Waals surface area contributed by atoms with E-state index < -0.39 is 206 Å². The van der Waals surface area contributed by atoms with Crippen LogP contribution in [-0.2, 0) is 38.0 Å². The van der Waals surface area contributed by atoms with E-state index in [1.54, 1.807) is 0 Å². The number of aliphatic hydroxyl groups excluding tert-OH is 13. The molecule has 4 fully saturated rings. The highest BCUT2D eigenvalue weighted by Crippen LogP contribution is 2.41. The Balaban J connectivity index is 1.11. The summed E-state index contributed by atoms with van der Waals surface area (Å²) >= 11 is 0. The van der Waals surface area contributed by atoms with Gasteiger partial charge in [0.25, 0.3) is 0 Å². The van der Waals surface area contributed by atoms with Crippen molar-refractivity contribution in [2.75, 3.05) is 26.4 Å². The van der Waals surface area contributed by atoms with Gasteiger partial charge in [-0.3, -0.25) is 4.79 Å². The van der Waals surface area contributed by atoms with Gasteiger partial charge >= 0.3 is 5.97 Å². The summed E-state index contributed by atoms with van der Waals surface area (Å²) in [6.07, 6.45) is -37.1. The van der Waals surface area contributed by atoms with Gasteiger partial charge in [-0.15, -0.1) is 0 Å². The Labute approximate surface area is 432 Å². The first-order valence-electron chi connectivity index (χ1n) is 23.5. The first-order chi connectivity index (χ1) is 36.6. The van der Waals surface area contributed by atoms with Gasteiger partial charge in [0.05, 0.1) is 19.8 Å². The monoisotopic (exact) mass is 1100 g/mol. The van der Waals surface area contributed by atoms with Gasteiger partial charge in [-0.25, -0.2) is 4.79 Å². The molecule has 1 aromatic heterocycles. The molecule has 4 aromatic rings. The normalized spacial score (nSPS) is 35.7. The second-order valence-corrected chi connectivity index (χ2v) is 18.2. The Morgan fingerprint density at radius 3 is 1.68 bits per heavy atom. The van der Waals surface area contributed by atoms with Gasteiger partial charge in [0, 0.05) is 23.8 Å². The van der Waals surface area contributed by atoms with Crippen LogP contribution in [-0.4, -0.2) is 242 Å². The smallest absolute Gasteiger partial charge is 0.330 e. The molecule has 29 heteroatoms. The first kappa shape index (κ1) is 57.3. The van der Waals surface area contributed by atoms with E-state index in [9.17, 15) is 96.4 Å². The maximum absolute atomic E-state index is 14.6. The zero-order chi connectivity index (χ0) is 55.7. The minimum absolute atomic E-state index is 0.0288. The lowest BCUT2D eigenvalue weighted by Gasteiger charge is -2.48. The van der Waals surface area contributed by atoms with Gasteiger partial charge in [0.15, 0.2) is 35.9 Å². The lowest BCUT2D eigenvalue weighted by molar-refractivity contribution is -0.389. The third-order valence-corrected chi connectivity index (χ3v) is 13.1. The number of rotatable bonds is 16. The van der Waals surface area contributed by atoms with Crippen molar-refractivity contribution >= 4 is 23.0 Å².